The fourth-order valence-electron chi connectivity index (χ4n) is 2.00. The number of thiazole rings is 1. The van der Waals surface area contributed by atoms with Gasteiger partial charge in [-0.2, -0.15) is 5.10 Å². The zero-order chi connectivity index (χ0) is 13.4. The Morgan fingerprint density at radius 3 is 3.00 bits per heavy atom. The van der Waals surface area contributed by atoms with Crippen molar-refractivity contribution in [1.29, 1.82) is 0 Å². The molecule has 0 aliphatic heterocycles. The number of hydrogen-bond acceptors (Lipinski definition) is 5. The lowest BCUT2D eigenvalue weighted by Crippen LogP contribution is -2.03. The van der Waals surface area contributed by atoms with Crippen molar-refractivity contribution in [2.75, 3.05) is 11.1 Å². The molecule has 0 atom stereocenters. The van der Waals surface area contributed by atoms with Crippen molar-refractivity contribution in [3.63, 3.8) is 0 Å². The van der Waals surface area contributed by atoms with Crippen LogP contribution in [0.2, 0.25) is 0 Å². The van der Waals surface area contributed by atoms with Gasteiger partial charge in [-0.25, -0.2) is 4.98 Å². The zero-order valence-electron chi connectivity index (χ0n) is 10.8. The van der Waals surface area contributed by atoms with Gasteiger partial charge in [-0.1, -0.05) is 0 Å². The average molecular weight is 273 g/mol. The molecule has 2 aromatic heterocycles. The summed E-state index contributed by atoms with van der Waals surface area (Å²) in [7, 11) is 1.90. The smallest absolute Gasteiger partial charge is 0.0907 e. The van der Waals surface area contributed by atoms with Crippen molar-refractivity contribution >= 4 is 32.9 Å². The van der Waals surface area contributed by atoms with Crippen LogP contribution < -0.4 is 11.1 Å². The van der Waals surface area contributed by atoms with E-state index in [4.69, 9.17) is 5.73 Å². The average Bonchev–Trinajstić information content (AvgIpc) is 2.91. The van der Waals surface area contributed by atoms with Crippen LogP contribution in [0.25, 0.3) is 10.2 Å². The van der Waals surface area contributed by atoms with Gasteiger partial charge in [0.05, 0.1) is 38.8 Å². The Bertz CT molecular complexity index is 728. The summed E-state index contributed by atoms with van der Waals surface area (Å²) in [6, 6.07) is 5.95. The molecule has 0 fully saturated rings. The lowest BCUT2D eigenvalue weighted by atomic mass is 10.2. The number of rotatable bonds is 3. The molecule has 1 aromatic carbocycles. The van der Waals surface area contributed by atoms with Gasteiger partial charge >= 0.3 is 0 Å². The Kier molecular flexibility index (Phi) is 2.87. The highest BCUT2D eigenvalue weighted by Gasteiger charge is 2.06. The lowest BCUT2D eigenvalue weighted by molar-refractivity contribution is 0.747. The predicted octanol–water partition coefficient (Wildman–Crippen LogP) is 2.53. The second-order valence-corrected chi connectivity index (χ2v) is 5.71. The van der Waals surface area contributed by atoms with Gasteiger partial charge in [-0.05, 0) is 25.1 Å². The summed E-state index contributed by atoms with van der Waals surface area (Å²) in [4.78, 5) is 4.48. The van der Waals surface area contributed by atoms with Crippen molar-refractivity contribution in [3.05, 3.63) is 35.1 Å². The van der Waals surface area contributed by atoms with Gasteiger partial charge < -0.3 is 11.1 Å². The standard InChI is InChI=1S/C13H15N5S/c1-8-16-12-6-11(10(14)5-13(12)19-8)15-7-9-3-4-18(2)17-9/h3-6,15H,7,14H2,1-2H3. The van der Waals surface area contributed by atoms with E-state index in [9.17, 15) is 0 Å². The number of anilines is 2. The van der Waals surface area contributed by atoms with Crippen molar-refractivity contribution in [3.8, 4) is 0 Å². The third kappa shape index (κ3) is 2.39. The Hall–Kier alpha value is -2.08. The fraction of sp³-hybridized carbons (Fsp3) is 0.231. The van der Waals surface area contributed by atoms with Crippen LogP contribution in [-0.4, -0.2) is 14.8 Å². The molecule has 5 nitrogen and oxygen atoms in total. The van der Waals surface area contributed by atoms with Gasteiger partial charge in [-0.3, -0.25) is 4.68 Å². The molecule has 3 rings (SSSR count). The Morgan fingerprint density at radius 1 is 1.42 bits per heavy atom. The van der Waals surface area contributed by atoms with Crippen molar-refractivity contribution < 1.29 is 0 Å². The van der Waals surface area contributed by atoms with Crippen molar-refractivity contribution in [1.82, 2.24) is 14.8 Å². The maximum absolute atomic E-state index is 6.06. The third-order valence-electron chi connectivity index (χ3n) is 2.90. The molecule has 98 valence electrons. The molecule has 3 N–H and O–H groups in total. The van der Waals surface area contributed by atoms with Crippen LogP contribution in [0.3, 0.4) is 0 Å². The van der Waals surface area contributed by atoms with E-state index in [0.29, 0.717) is 6.54 Å². The first-order chi connectivity index (χ1) is 9.11. The number of benzene rings is 1. The fourth-order valence-corrected chi connectivity index (χ4v) is 2.86. The number of nitrogens with zero attached hydrogens (tertiary/aromatic N) is 3. The Labute approximate surface area is 115 Å². The van der Waals surface area contributed by atoms with Gasteiger partial charge in [0.1, 0.15) is 0 Å². The molecule has 3 aromatic rings. The van der Waals surface area contributed by atoms with E-state index < -0.39 is 0 Å². The molecular weight excluding hydrogens is 258 g/mol. The molecule has 0 saturated heterocycles. The lowest BCUT2D eigenvalue weighted by Gasteiger charge is -2.07. The van der Waals surface area contributed by atoms with Crippen molar-refractivity contribution in [2.24, 2.45) is 7.05 Å². The molecule has 6 heteroatoms. The van der Waals surface area contributed by atoms with E-state index in [1.54, 1.807) is 16.0 Å². The van der Waals surface area contributed by atoms with Gasteiger partial charge in [0.15, 0.2) is 0 Å². The van der Waals surface area contributed by atoms with Crippen molar-refractivity contribution in [2.45, 2.75) is 13.5 Å². The second-order valence-electron chi connectivity index (χ2n) is 4.47. The van der Waals surface area contributed by atoms with Crippen LogP contribution >= 0.6 is 11.3 Å². The second kappa shape index (κ2) is 4.55. The topological polar surface area (TPSA) is 68.8 Å². The minimum atomic E-state index is 0.652. The first kappa shape index (κ1) is 12.0. The first-order valence-corrected chi connectivity index (χ1v) is 6.82. The molecule has 0 radical (unpaired) electrons. The SMILES string of the molecule is Cc1nc2cc(NCc3ccn(C)n3)c(N)cc2s1. The summed E-state index contributed by atoms with van der Waals surface area (Å²) in [5.74, 6) is 0. The van der Waals surface area contributed by atoms with Crippen LogP contribution in [-0.2, 0) is 13.6 Å². The maximum Gasteiger partial charge on any atom is 0.0907 e. The molecule has 19 heavy (non-hydrogen) atoms. The van der Waals surface area contributed by atoms with Gasteiger partial charge in [0.25, 0.3) is 0 Å². The highest BCUT2D eigenvalue weighted by molar-refractivity contribution is 7.18. The Balaban J connectivity index is 1.85. The van der Waals surface area contributed by atoms with Crippen LogP contribution in [0.1, 0.15) is 10.7 Å². The van der Waals surface area contributed by atoms with E-state index in [-0.39, 0.29) is 0 Å². The molecular formula is C13H15N5S. The molecule has 0 bridgehead atoms. The molecule has 0 spiro atoms. The van der Waals surface area contributed by atoms with Crippen LogP contribution in [0.15, 0.2) is 24.4 Å². The molecule has 0 aliphatic carbocycles. The summed E-state index contributed by atoms with van der Waals surface area (Å²) in [5.41, 5.74) is 9.67. The normalized spacial score (nSPS) is 11.1. The number of hydrogen-bond donors (Lipinski definition) is 2. The summed E-state index contributed by atoms with van der Waals surface area (Å²) in [6.45, 7) is 2.65. The van der Waals surface area contributed by atoms with Gasteiger partial charge in [0.2, 0.25) is 0 Å². The number of nitrogens with two attached hydrogens (primary N) is 1. The number of nitrogen functional groups attached to an aromatic ring is 1. The van der Waals surface area contributed by atoms with E-state index in [1.807, 2.05) is 38.4 Å². The van der Waals surface area contributed by atoms with Crippen LogP contribution in [0, 0.1) is 6.92 Å². The van der Waals surface area contributed by atoms with Crippen LogP contribution in [0.4, 0.5) is 11.4 Å². The Morgan fingerprint density at radius 2 is 2.26 bits per heavy atom. The third-order valence-corrected chi connectivity index (χ3v) is 3.83. The van der Waals surface area contributed by atoms with Gasteiger partial charge in [0, 0.05) is 13.2 Å². The highest BCUT2D eigenvalue weighted by atomic mass is 32.1. The quantitative estimate of drug-likeness (QED) is 0.720. The zero-order valence-corrected chi connectivity index (χ0v) is 11.7. The van der Waals surface area contributed by atoms with E-state index in [0.717, 1.165) is 32.3 Å². The molecule has 2 heterocycles. The number of fused-ring (bicyclic) bond motifs is 1. The van der Waals surface area contributed by atoms with E-state index >= 15 is 0 Å². The van der Waals surface area contributed by atoms with E-state index in [2.05, 4.69) is 15.4 Å². The van der Waals surface area contributed by atoms with Gasteiger partial charge in [-0.15, -0.1) is 11.3 Å². The number of aromatic nitrogens is 3. The summed E-state index contributed by atoms with van der Waals surface area (Å²) < 4.78 is 2.91. The summed E-state index contributed by atoms with van der Waals surface area (Å²) >= 11 is 1.66. The molecule has 0 aliphatic rings. The minimum Gasteiger partial charge on any atom is -0.397 e. The molecule has 0 amide bonds. The highest BCUT2D eigenvalue weighted by Crippen LogP contribution is 2.29. The summed E-state index contributed by atoms with van der Waals surface area (Å²) in [6.07, 6.45) is 1.92. The largest absolute Gasteiger partial charge is 0.397 e. The van der Waals surface area contributed by atoms with E-state index in [1.165, 1.54) is 0 Å². The predicted molar refractivity (Wildman–Crippen MR) is 79.3 cm³/mol. The summed E-state index contributed by atoms with van der Waals surface area (Å²) in [5, 5.41) is 8.68. The minimum absolute atomic E-state index is 0.652. The van der Waals surface area contributed by atoms with Crippen LogP contribution in [0.5, 0.6) is 0 Å². The number of nitrogens with one attached hydrogen (secondary N) is 1. The molecule has 0 saturated carbocycles. The first-order valence-electron chi connectivity index (χ1n) is 6.01. The maximum atomic E-state index is 6.06. The number of aryl methyl sites for hydroxylation is 2. The monoisotopic (exact) mass is 273 g/mol. The molecule has 0 unspecified atom stereocenters.